The average molecular weight is 591 g/mol. The van der Waals surface area contributed by atoms with E-state index in [1.54, 1.807) is 0 Å². The predicted molar refractivity (Wildman–Crippen MR) is 184 cm³/mol. The van der Waals surface area contributed by atoms with Crippen LogP contribution in [0.2, 0.25) is 0 Å². The number of hydrogen-bond donors (Lipinski definition) is 0. The fourth-order valence-electron chi connectivity index (χ4n) is 7.06. The Balaban J connectivity index is 1.59. The van der Waals surface area contributed by atoms with Gasteiger partial charge in [-0.2, -0.15) is 0 Å². The van der Waals surface area contributed by atoms with Crippen LogP contribution in [0.1, 0.15) is 27.8 Å². The van der Waals surface area contributed by atoms with Gasteiger partial charge in [-0.3, -0.25) is 0 Å². The summed E-state index contributed by atoms with van der Waals surface area (Å²) in [5.41, 5.74) is 13.3. The van der Waals surface area contributed by atoms with Crippen LogP contribution in [-0.4, -0.2) is 9.13 Å². The molecular weight excluding hydrogens is 558 g/mol. The molecule has 0 fully saturated rings. The summed E-state index contributed by atoms with van der Waals surface area (Å²) < 4.78 is 33.9. The van der Waals surface area contributed by atoms with Gasteiger partial charge in [-0.1, -0.05) is 48.5 Å². The number of aryl methyl sites for hydroxylation is 5. The van der Waals surface area contributed by atoms with Crippen molar-refractivity contribution in [3.05, 3.63) is 143 Å². The molecule has 45 heavy (non-hydrogen) atoms. The van der Waals surface area contributed by atoms with E-state index in [1.807, 2.05) is 6.92 Å². The van der Waals surface area contributed by atoms with Gasteiger partial charge in [0.05, 0.1) is 33.4 Å². The first-order chi connectivity index (χ1) is 21.7. The molecule has 0 saturated heterocycles. The Kier molecular flexibility index (Phi) is 6.01. The second-order valence-electron chi connectivity index (χ2n) is 12.6. The van der Waals surface area contributed by atoms with Gasteiger partial charge in [0, 0.05) is 27.6 Å². The number of aromatic nitrogens is 2. The van der Waals surface area contributed by atoms with Gasteiger partial charge in [-0.25, -0.2) is 8.78 Å². The number of rotatable bonds is 3. The number of nitrogens with zero attached hydrogens (tertiary/aromatic N) is 2. The van der Waals surface area contributed by atoms with Gasteiger partial charge < -0.3 is 9.13 Å². The highest BCUT2D eigenvalue weighted by atomic mass is 19.1. The molecule has 0 N–H and O–H groups in total. The lowest BCUT2D eigenvalue weighted by Crippen LogP contribution is -2.05. The largest absolute Gasteiger partial charge is 0.307 e. The second-order valence-corrected chi connectivity index (χ2v) is 12.6. The third kappa shape index (κ3) is 4.27. The molecule has 0 saturated carbocycles. The molecule has 220 valence electrons. The van der Waals surface area contributed by atoms with E-state index in [9.17, 15) is 8.78 Å². The van der Waals surface area contributed by atoms with Gasteiger partial charge in [-0.15, -0.1) is 0 Å². The van der Waals surface area contributed by atoms with E-state index in [-0.39, 0.29) is 0 Å². The maximum atomic E-state index is 14.6. The Labute approximate surface area is 260 Å². The minimum absolute atomic E-state index is 0.514. The zero-order chi connectivity index (χ0) is 31.1. The molecule has 0 aliphatic rings. The van der Waals surface area contributed by atoms with Crippen LogP contribution in [0.4, 0.5) is 8.78 Å². The smallest absolute Gasteiger partial charge is 0.126 e. The Hall–Kier alpha value is -5.22. The van der Waals surface area contributed by atoms with Crippen LogP contribution in [0, 0.1) is 46.3 Å². The van der Waals surface area contributed by atoms with Crippen LogP contribution in [0.3, 0.4) is 0 Å². The lowest BCUT2D eigenvalue weighted by molar-refractivity contribution is 0.584. The molecule has 8 aromatic rings. The number of halogens is 2. The summed E-state index contributed by atoms with van der Waals surface area (Å²) in [6, 6.07) is 34.5. The Bertz CT molecular complexity index is 2370. The van der Waals surface area contributed by atoms with E-state index in [4.69, 9.17) is 0 Å². The van der Waals surface area contributed by atoms with Crippen LogP contribution in [0.15, 0.2) is 103 Å². The van der Waals surface area contributed by atoms with Crippen molar-refractivity contribution in [3.8, 4) is 22.5 Å². The molecule has 4 heteroatoms. The van der Waals surface area contributed by atoms with E-state index in [1.165, 1.54) is 34.0 Å². The molecule has 0 aliphatic heterocycles. The highest BCUT2D eigenvalue weighted by Crippen LogP contribution is 2.41. The maximum absolute atomic E-state index is 14.6. The molecular formula is C41H32F2N2. The van der Waals surface area contributed by atoms with Gasteiger partial charge in [0.1, 0.15) is 11.6 Å². The summed E-state index contributed by atoms with van der Waals surface area (Å²) >= 11 is 0. The summed E-state index contributed by atoms with van der Waals surface area (Å²) in [7, 11) is 0. The molecule has 2 heterocycles. The molecule has 2 nitrogen and oxygen atoms in total. The van der Waals surface area contributed by atoms with Gasteiger partial charge in [0.2, 0.25) is 0 Å². The zero-order valence-corrected chi connectivity index (χ0v) is 26.0. The van der Waals surface area contributed by atoms with Gasteiger partial charge in [0.15, 0.2) is 0 Å². The van der Waals surface area contributed by atoms with Crippen molar-refractivity contribution < 1.29 is 8.78 Å². The Morgan fingerprint density at radius 1 is 0.400 bits per heavy atom. The fraction of sp³-hybridized carbons (Fsp3) is 0.122. The Morgan fingerprint density at radius 3 is 1.13 bits per heavy atom. The van der Waals surface area contributed by atoms with E-state index in [0.29, 0.717) is 5.56 Å². The summed E-state index contributed by atoms with van der Waals surface area (Å²) in [6.45, 7) is 10.5. The summed E-state index contributed by atoms with van der Waals surface area (Å²) in [6.07, 6.45) is 0. The van der Waals surface area contributed by atoms with Crippen LogP contribution in [0.25, 0.3) is 66.1 Å². The SMILES string of the molecule is Cc1ccc2c3ccc(C)cc3n(-c3cc(C)c(-c4cc(F)cc(F)c4)cc3-n3c4cc(C)ccc4c4ccc(C)cc43)c2c1. The highest BCUT2D eigenvalue weighted by molar-refractivity contribution is 6.12. The summed E-state index contributed by atoms with van der Waals surface area (Å²) in [5, 5.41) is 4.69. The molecule has 0 atom stereocenters. The monoisotopic (exact) mass is 590 g/mol. The molecule has 0 unspecified atom stereocenters. The van der Waals surface area contributed by atoms with Gasteiger partial charge >= 0.3 is 0 Å². The van der Waals surface area contributed by atoms with Crippen molar-refractivity contribution in [2.24, 2.45) is 0 Å². The molecule has 0 spiro atoms. The van der Waals surface area contributed by atoms with Crippen molar-refractivity contribution in [2.75, 3.05) is 0 Å². The van der Waals surface area contributed by atoms with Crippen molar-refractivity contribution >= 4 is 43.6 Å². The van der Waals surface area contributed by atoms with Crippen LogP contribution in [0.5, 0.6) is 0 Å². The molecule has 6 aromatic carbocycles. The first-order valence-electron chi connectivity index (χ1n) is 15.3. The van der Waals surface area contributed by atoms with Crippen molar-refractivity contribution in [3.63, 3.8) is 0 Å². The third-order valence-electron chi connectivity index (χ3n) is 9.13. The molecule has 8 rings (SSSR count). The second kappa shape index (κ2) is 9.90. The van der Waals surface area contributed by atoms with Crippen LogP contribution < -0.4 is 0 Å². The summed E-state index contributed by atoms with van der Waals surface area (Å²) in [4.78, 5) is 0. The van der Waals surface area contributed by atoms with Crippen LogP contribution >= 0.6 is 0 Å². The predicted octanol–water partition coefficient (Wildman–Crippen LogP) is 11.4. The molecule has 0 bridgehead atoms. The maximum Gasteiger partial charge on any atom is 0.126 e. The van der Waals surface area contributed by atoms with E-state index < -0.39 is 11.6 Å². The van der Waals surface area contributed by atoms with E-state index in [2.05, 4.69) is 122 Å². The molecule has 0 radical (unpaired) electrons. The van der Waals surface area contributed by atoms with Crippen molar-refractivity contribution in [1.82, 2.24) is 9.13 Å². The standard InChI is InChI=1S/C41H32F2N2/c1-23-6-10-31-32-11-7-24(2)15-37(32)44(36(31)14-23)40-18-27(5)35(28-19-29(42)21-30(43)20-28)22-41(40)45-38-16-25(3)8-12-33(38)34-13-9-26(4)17-39(34)45/h6-22H,1-5H3. The lowest BCUT2D eigenvalue weighted by Gasteiger charge is -2.20. The van der Waals surface area contributed by atoms with Crippen LogP contribution in [-0.2, 0) is 0 Å². The van der Waals surface area contributed by atoms with Gasteiger partial charge in [0.25, 0.3) is 0 Å². The third-order valence-corrected chi connectivity index (χ3v) is 9.13. The number of hydrogen-bond acceptors (Lipinski definition) is 0. The summed E-state index contributed by atoms with van der Waals surface area (Å²) in [5.74, 6) is -1.18. The normalized spacial score (nSPS) is 11.9. The highest BCUT2D eigenvalue weighted by Gasteiger charge is 2.22. The fourth-order valence-corrected chi connectivity index (χ4v) is 7.06. The van der Waals surface area contributed by atoms with Crippen molar-refractivity contribution in [2.45, 2.75) is 34.6 Å². The molecule has 2 aromatic heterocycles. The lowest BCUT2D eigenvalue weighted by atomic mass is 9.98. The molecule has 0 aliphatic carbocycles. The Morgan fingerprint density at radius 2 is 0.756 bits per heavy atom. The van der Waals surface area contributed by atoms with Crippen molar-refractivity contribution in [1.29, 1.82) is 0 Å². The number of benzene rings is 6. The van der Waals surface area contributed by atoms with E-state index >= 15 is 0 Å². The topological polar surface area (TPSA) is 9.86 Å². The first kappa shape index (κ1) is 27.3. The van der Waals surface area contributed by atoms with Gasteiger partial charge in [-0.05, 0) is 122 Å². The minimum Gasteiger partial charge on any atom is -0.307 e. The van der Waals surface area contributed by atoms with E-state index in [0.717, 1.165) is 72.5 Å². The zero-order valence-electron chi connectivity index (χ0n) is 26.0. The average Bonchev–Trinajstić information content (AvgIpc) is 3.46. The first-order valence-corrected chi connectivity index (χ1v) is 15.3. The number of fused-ring (bicyclic) bond motifs is 6. The molecule has 0 amide bonds. The minimum atomic E-state index is -0.591. The quantitative estimate of drug-likeness (QED) is 0.194.